The summed E-state index contributed by atoms with van der Waals surface area (Å²) in [5.74, 6) is -0.179. The van der Waals surface area contributed by atoms with Crippen molar-refractivity contribution in [2.24, 2.45) is 0 Å². The van der Waals surface area contributed by atoms with Gasteiger partial charge in [-0.3, -0.25) is 4.98 Å². The predicted molar refractivity (Wildman–Crippen MR) is 100 cm³/mol. The van der Waals surface area contributed by atoms with Gasteiger partial charge in [-0.2, -0.15) is 0 Å². The third-order valence-corrected chi connectivity index (χ3v) is 5.66. The molecule has 1 aliphatic heterocycles. The molecule has 1 atom stereocenters. The average Bonchev–Trinajstić information content (AvgIpc) is 2.94. The number of aromatic hydroxyl groups is 2. The number of anilines is 1. The lowest BCUT2D eigenvalue weighted by Crippen LogP contribution is -2.35. The summed E-state index contributed by atoms with van der Waals surface area (Å²) in [6, 6.07) is 3.65. The molecule has 0 bridgehead atoms. The summed E-state index contributed by atoms with van der Waals surface area (Å²) < 4.78 is 0. The van der Waals surface area contributed by atoms with Crippen molar-refractivity contribution < 1.29 is 10.2 Å². The molecule has 5 nitrogen and oxygen atoms in total. The van der Waals surface area contributed by atoms with Gasteiger partial charge in [0.2, 0.25) is 0 Å². The van der Waals surface area contributed by atoms with Crippen LogP contribution in [0.1, 0.15) is 43.9 Å². The van der Waals surface area contributed by atoms with Crippen LogP contribution in [0, 0.1) is 0 Å². The maximum Gasteiger partial charge on any atom is 0.159 e. The molecule has 4 rings (SSSR count). The number of nitrogens with one attached hydrogen (secondary N) is 1. The molecule has 1 aliphatic carbocycles. The lowest BCUT2D eigenvalue weighted by atomic mass is 10.0. The van der Waals surface area contributed by atoms with E-state index in [2.05, 4.69) is 17.1 Å². The summed E-state index contributed by atoms with van der Waals surface area (Å²) in [5.41, 5.74) is 4.32. The van der Waals surface area contributed by atoms with Gasteiger partial charge in [0.1, 0.15) is 0 Å². The van der Waals surface area contributed by atoms with Gasteiger partial charge in [0.15, 0.2) is 11.5 Å². The van der Waals surface area contributed by atoms with E-state index in [9.17, 15) is 10.2 Å². The van der Waals surface area contributed by atoms with Crippen LogP contribution in [0.15, 0.2) is 12.1 Å². The van der Waals surface area contributed by atoms with E-state index in [1.54, 1.807) is 12.1 Å². The third kappa shape index (κ3) is 3.13. The van der Waals surface area contributed by atoms with E-state index in [1.165, 1.54) is 31.4 Å². The summed E-state index contributed by atoms with van der Waals surface area (Å²) in [5, 5.41) is 24.6. The maximum absolute atomic E-state index is 10.0. The third-order valence-electron chi connectivity index (χ3n) is 5.66. The van der Waals surface area contributed by atoms with Gasteiger partial charge in [-0.05, 0) is 56.8 Å². The van der Waals surface area contributed by atoms with Crippen LogP contribution < -0.4 is 5.32 Å². The van der Waals surface area contributed by atoms with Gasteiger partial charge < -0.3 is 20.4 Å². The number of hydrogen-bond donors (Lipinski definition) is 3. The summed E-state index contributed by atoms with van der Waals surface area (Å²) in [4.78, 5) is 7.25. The van der Waals surface area contributed by atoms with Crippen LogP contribution in [0.2, 0.25) is 0 Å². The number of fused-ring (bicyclic) bond motifs is 2. The molecule has 0 spiro atoms. The zero-order chi connectivity index (χ0) is 17.4. The minimum atomic E-state index is -0.101. The quantitative estimate of drug-likeness (QED) is 0.747. The van der Waals surface area contributed by atoms with Crippen molar-refractivity contribution in [3.05, 3.63) is 23.4 Å². The van der Waals surface area contributed by atoms with Crippen LogP contribution in [0.5, 0.6) is 11.5 Å². The second-order valence-corrected chi connectivity index (χ2v) is 7.35. The van der Waals surface area contributed by atoms with Gasteiger partial charge in [0.25, 0.3) is 0 Å². The summed E-state index contributed by atoms with van der Waals surface area (Å²) in [7, 11) is 0. The number of hydrogen-bond acceptors (Lipinski definition) is 5. The van der Waals surface area contributed by atoms with E-state index in [1.807, 2.05) is 0 Å². The first-order chi connectivity index (χ1) is 12.2. The molecule has 2 heterocycles. The van der Waals surface area contributed by atoms with Crippen LogP contribution in [0.4, 0.5) is 5.69 Å². The van der Waals surface area contributed by atoms with Gasteiger partial charge in [-0.1, -0.05) is 13.3 Å². The smallest absolute Gasteiger partial charge is 0.159 e. The molecule has 0 unspecified atom stereocenters. The van der Waals surface area contributed by atoms with E-state index in [0.29, 0.717) is 6.04 Å². The molecule has 5 heteroatoms. The monoisotopic (exact) mass is 341 g/mol. The number of likely N-dealkylation sites (N-methyl/N-ethyl adjacent to an activating group) is 1. The molecule has 134 valence electrons. The Kier molecular flexibility index (Phi) is 4.42. The number of aryl methyl sites for hydroxylation is 1. The lowest BCUT2D eigenvalue weighted by molar-refractivity contribution is 0.292. The minimum absolute atomic E-state index is 0.0775. The highest BCUT2D eigenvalue weighted by atomic mass is 16.3. The fourth-order valence-electron chi connectivity index (χ4n) is 4.28. The zero-order valence-electron chi connectivity index (χ0n) is 14.9. The maximum atomic E-state index is 10.0. The van der Waals surface area contributed by atoms with Crippen LogP contribution in [-0.4, -0.2) is 45.8 Å². The number of phenols is 2. The van der Waals surface area contributed by atoms with Crippen molar-refractivity contribution >= 4 is 16.6 Å². The Morgan fingerprint density at radius 2 is 2.00 bits per heavy atom. The summed E-state index contributed by atoms with van der Waals surface area (Å²) in [6.45, 7) is 5.54. The van der Waals surface area contributed by atoms with Gasteiger partial charge in [0, 0.05) is 35.4 Å². The SMILES string of the molecule is CCN1CCCC[C@@H](Nc2c3c(nc4cc(O)c(O)cc24)CCC3)C1. The van der Waals surface area contributed by atoms with Crippen LogP contribution in [0.3, 0.4) is 0 Å². The topological polar surface area (TPSA) is 68.6 Å². The van der Waals surface area contributed by atoms with Gasteiger partial charge >= 0.3 is 0 Å². The molecule has 0 amide bonds. The van der Waals surface area contributed by atoms with E-state index < -0.39 is 0 Å². The van der Waals surface area contributed by atoms with Crippen molar-refractivity contribution in [2.75, 3.05) is 25.0 Å². The van der Waals surface area contributed by atoms with Gasteiger partial charge in [-0.25, -0.2) is 0 Å². The largest absolute Gasteiger partial charge is 0.504 e. The Hall–Kier alpha value is -2.01. The molecule has 25 heavy (non-hydrogen) atoms. The fraction of sp³-hybridized carbons (Fsp3) is 0.550. The van der Waals surface area contributed by atoms with Crippen molar-refractivity contribution in [1.82, 2.24) is 9.88 Å². The molecule has 2 aromatic rings. The summed E-state index contributed by atoms with van der Waals surface area (Å²) in [6.07, 6.45) is 6.82. The van der Waals surface area contributed by atoms with Crippen molar-refractivity contribution in [2.45, 2.75) is 51.5 Å². The zero-order valence-corrected chi connectivity index (χ0v) is 14.9. The van der Waals surface area contributed by atoms with Crippen LogP contribution in [-0.2, 0) is 12.8 Å². The Morgan fingerprint density at radius 1 is 1.16 bits per heavy atom. The molecular formula is C20H27N3O2. The van der Waals surface area contributed by atoms with E-state index in [0.717, 1.165) is 54.6 Å². The normalized spacial score (nSPS) is 21.2. The molecular weight excluding hydrogens is 314 g/mol. The van der Waals surface area contributed by atoms with Gasteiger partial charge in [-0.15, -0.1) is 0 Å². The molecule has 1 fully saturated rings. The minimum Gasteiger partial charge on any atom is -0.504 e. The molecule has 2 aliphatic rings. The Morgan fingerprint density at radius 3 is 2.84 bits per heavy atom. The highest BCUT2D eigenvalue weighted by Crippen LogP contribution is 2.39. The second kappa shape index (κ2) is 6.71. The molecule has 0 radical (unpaired) electrons. The summed E-state index contributed by atoms with van der Waals surface area (Å²) >= 11 is 0. The molecule has 0 saturated carbocycles. The second-order valence-electron chi connectivity index (χ2n) is 7.35. The Bertz CT molecular complexity index is 790. The Balaban J connectivity index is 1.76. The number of rotatable bonds is 3. The van der Waals surface area contributed by atoms with Crippen LogP contribution >= 0.6 is 0 Å². The first-order valence-corrected chi connectivity index (χ1v) is 9.52. The molecule has 3 N–H and O–H groups in total. The fourth-order valence-corrected chi connectivity index (χ4v) is 4.28. The van der Waals surface area contributed by atoms with Crippen molar-refractivity contribution in [1.29, 1.82) is 0 Å². The van der Waals surface area contributed by atoms with Crippen molar-refractivity contribution in [3.63, 3.8) is 0 Å². The van der Waals surface area contributed by atoms with E-state index in [4.69, 9.17) is 4.98 Å². The van der Waals surface area contributed by atoms with Crippen molar-refractivity contribution in [3.8, 4) is 11.5 Å². The molecule has 1 aromatic heterocycles. The number of phenolic OH excluding ortho intramolecular Hbond substituents is 2. The number of aromatic nitrogens is 1. The highest BCUT2D eigenvalue weighted by molar-refractivity contribution is 5.96. The number of pyridine rings is 1. The Labute approximate surface area is 148 Å². The number of nitrogens with zero attached hydrogens (tertiary/aromatic N) is 2. The van der Waals surface area contributed by atoms with E-state index in [-0.39, 0.29) is 11.5 Å². The standard InChI is InChI=1S/C20H27N3O2/c1-2-23-9-4-3-6-13(12-23)21-20-14-7-5-8-16(14)22-17-11-19(25)18(24)10-15(17)20/h10-11,13,24-25H,2-9,12H2,1H3,(H,21,22)/t13-/m1/s1. The lowest BCUT2D eigenvalue weighted by Gasteiger charge is -2.26. The number of benzene rings is 1. The van der Waals surface area contributed by atoms with Gasteiger partial charge in [0.05, 0.1) is 5.52 Å². The number of likely N-dealkylation sites (tertiary alicyclic amines) is 1. The average molecular weight is 341 g/mol. The first-order valence-electron chi connectivity index (χ1n) is 9.52. The van der Waals surface area contributed by atoms with Crippen LogP contribution in [0.25, 0.3) is 10.9 Å². The predicted octanol–water partition coefficient (Wildman–Crippen LogP) is 3.42. The highest BCUT2D eigenvalue weighted by Gasteiger charge is 2.24. The first kappa shape index (κ1) is 16.5. The molecule has 1 saturated heterocycles. The van der Waals surface area contributed by atoms with E-state index >= 15 is 0 Å². The molecule has 1 aromatic carbocycles.